The van der Waals surface area contributed by atoms with E-state index in [9.17, 15) is 43.2 Å². The van der Waals surface area contributed by atoms with Gasteiger partial charge in [0.1, 0.15) is 19.3 Å². The van der Waals surface area contributed by atoms with Gasteiger partial charge >= 0.3 is 39.5 Å². The number of carbonyl (C=O) groups is 4. The Labute approximate surface area is 511 Å². The van der Waals surface area contributed by atoms with Gasteiger partial charge in [-0.15, -0.1) is 0 Å². The average molecular weight is 1240 g/mol. The predicted octanol–water partition coefficient (Wildman–Crippen LogP) is 18.2. The Morgan fingerprint density at radius 3 is 0.845 bits per heavy atom. The van der Waals surface area contributed by atoms with E-state index in [0.29, 0.717) is 25.7 Å². The van der Waals surface area contributed by atoms with Crippen LogP contribution in [-0.2, 0) is 65.4 Å². The van der Waals surface area contributed by atoms with E-state index in [-0.39, 0.29) is 25.7 Å². The number of rotatable bonds is 65. The highest BCUT2D eigenvalue weighted by atomic mass is 31.2. The van der Waals surface area contributed by atoms with Crippen molar-refractivity contribution in [3.8, 4) is 0 Å². The number of esters is 4. The van der Waals surface area contributed by atoms with Crippen molar-refractivity contribution in [1.29, 1.82) is 0 Å². The van der Waals surface area contributed by atoms with Crippen LogP contribution in [0, 0.1) is 5.92 Å². The maximum absolute atomic E-state index is 13.0. The van der Waals surface area contributed by atoms with Crippen molar-refractivity contribution in [2.75, 3.05) is 39.6 Å². The van der Waals surface area contributed by atoms with Crippen molar-refractivity contribution in [2.45, 2.75) is 348 Å². The van der Waals surface area contributed by atoms with Gasteiger partial charge in [-0.05, 0) is 31.6 Å². The van der Waals surface area contributed by atoms with E-state index in [1.165, 1.54) is 135 Å². The van der Waals surface area contributed by atoms with Gasteiger partial charge in [0.2, 0.25) is 0 Å². The van der Waals surface area contributed by atoms with Crippen LogP contribution in [0.2, 0.25) is 0 Å². The molecule has 0 fully saturated rings. The topological polar surface area (TPSA) is 237 Å². The average Bonchev–Trinajstić information content (AvgIpc) is 3.65. The standard InChI is InChI=1S/C65H126O17P2/c1-6-10-13-16-19-22-23-24-25-26-27-28-29-30-31-34-41-46-51-65(70)82-61(55-76-63(68)49-44-39-36-35-37-42-47-58(5)9-4)57-80-84(73,74)78-53-59(66)52-77-83(71,72)79-56-60(81-64(69)50-45-40-33-21-18-15-12-8-3)54-75-62(67)48-43-38-32-20-17-14-11-7-2/h58-61,66H,6-57H2,1-5H3,(H,71,72)(H,73,74)/t58?,59-,60+,61+/m0/s1. The summed E-state index contributed by atoms with van der Waals surface area (Å²) in [4.78, 5) is 72.1. The molecule has 84 heavy (non-hydrogen) atoms. The first-order valence-corrected chi connectivity index (χ1v) is 37.2. The molecule has 0 aliphatic heterocycles. The molecule has 3 N–H and O–H groups in total. The van der Waals surface area contributed by atoms with Gasteiger partial charge in [0.05, 0.1) is 26.4 Å². The zero-order chi connectivity index (χ0) is 62.0. The number of phosphoric ester groups is 2. The zero-order valence-corrected chi connectivity index (χ0v) is 55.8. The highest BCUT2D eigenvalue weighted by Crippen LogP contribution is 2.45. The minimum atomic E-state index is -4.94. The highest BCUT2D eigenvalue weighted by molar-refractivity contribution is 7.47. The molecular weight excluding hydrogens is 1110 g/mol. The molecule has 0 amide bonds. The molecule has 19 heteroatoms. The van der Waals surface area contributed by atoms with Gasteiger partial charge in [0.15, 0.2) is 12.2 Å². The SMILES string of the molecule is CCCCCCCCCCCCCCCCCCCCC(=O)O[C@H](COC(=O)CCCCCCCCC(C)CC)COP(=O)(O)OC[C@@H](O)COP(=O)(O)OC[C@@H](COC(=O)CCCCCCCCCC)OC(=O)CCCCCCCCCC. The monoisotopic (exact) mass is 1240 g/mol. The van der Waals surface area contributed by atoms with E-state index in [1.54, 1.807) is 0 Å². The van der Waals surface area contributed by atoms with Crippen molar-refractivity contribution in [3.05, 3.63) is 0 Å². The molecule has 0 rings (SSSR count). The second-order valence-electron chi connectivity index (χ2n) is 23.7. The maximum Gasteiger partial charge on any atom is 0.472 e. The Balaban J connectivity index is 5.16. The van der Waals surface area contributed by atoms with Gasteiger partial charge in [-0.2, -0.15) is 0 Å². The molecule has 0 aliphatic rings. The third-order valence-electron chi connectivity index (χ3n) is 15.4. The van der Waals surface area contributed by atoms with Crippen LogP contribution >= 0.6 is 15.6 Å². The van der Waals surface area contributed by atoms with Gasteiger partial charge in [0.25, 0.3) is 0 Å². The summed E-state index contributed by atoms with van der Waals surface area (Å²) in [7, 11) is -9.88. The number of hydrogen-bond donors (Lipinski definition) is 3. The van der Waals surface area contributed by atoms with E-state index >= 15 is 0 Å². The highest BCUT2D eigenvalue weighted by Gasteiger charge is 2.30. The van der Waals surface area contributed by atoms with Crippen LogP contribution in [0.4, 0.5) is 0 Å². The summed E-state index contributed by atoms with van der Waals surface area (Å²) < 4.78 is 67.9. The van der Waals surface area contributed by atoms with Gasteiger partial charge in [-0.3, -0.25) is 37.3 Å². The smallest absolute Gasteiger partial charge is 0.462 e. The molecule has 0 aromatic carbocycles. The Bertz CT molecular complexity index is 1640. The lowest BCUT2D eigenvalue weighted by Gasteiger charge is -2.21. The number of carbonyl (C=O) groups excluding carboxylic acids is 4. The third-order valence-corrected chi connectivity index (χ3v) is 17.3. The number of hydrogen-bond acceptors (Lipinski definition) is 15. The molecule has 0 aromatic rings. The largest absolute Gasteiger partial charge is 0.472 e. The summed E-state index contributed by atoms with van der Waals surface area (Å²) in [5.74, 6) is -1.41. The lowest BCUT2D eigenvalue weighted by atomic mass is 10.00. The summed E-state index contributed by atoms with van der Waals surface area (Å²) in [6, 6.07) is 0. The summed E-state index contributed by atoms with van der Waals surface area (Å²) in [6.45, 7) is 7.11. The van der Waals surface area contributed by atoms with Crippen molar-refractivity contribution in [2.24, 2.45) is 5.92 Å². The molecule has 0 heterocycles. The second-order valence-corrected chi connectivity index (χ2v) is 26.7. The molecule has 3 unspecified atom stereocenters. The minimum absolute atomic E-state index is 0.105. The predicted molar refractivity (Wildman–Crippen MR) is 335 cm³/mol. The normalized spacial score (nSPS) is 14.5. The van der Waals surface area contributed by atoms with Gasteiger partial charge < -0.3 is 33.8 Å². The maximum atomic E-state index is 13.0. The number of phosphoric acid groups is 2. The summed E-state index contributed by atoms with van der Waals surface area (Å²) in [5, 5.41) is 10.5. The van der Waals surface area contributed by atoms with Crippen molar-refractivity contribution < 1.29 is 80.2 Å². The van der Waals surface area contributed by atoms with Crippen LogP contribution in [0.5, 0.6) is 0 Å². The van der Waals surface area contributed by atoms with Crippen molar-refractivity contribution >= 4 is 39.5 Å². The molecule has 0 saturated heterocycles. The molecular formula is C65H126O17P2. The molecule has 0 spiro atoms. The number of ether oxygens (including phenoxy) is 4. The Kier molecular flexibility index (Phi) is 57.4. The number of aliphatic hydroxyl groups excluding tert-OH is 1. The van der Waals surface area contributed by atoms with Crippen LogP contribution in [-0.4, -0.2) is 96.7 Å². The van der Waals surface area contributed by atoms with E-state index in [4.69, 9.17) is 37.0 Å². The van der Waals surface area contributed by atoms with E-state index < -0.39 is 97.5 Å². The zero-order valence-electron chi connectivity index (χ0n) is 54.0. The molecule has 0 radical (unpaired) electrons. The summed E-state index contributed by atoms with van der Waals surface area (Å²) in [6.07, 6.45) is 43.3. The number of unbranched alkanes of at least 4 members (excludes halogenated alkanes) is 36. The Morgan fingerprint density at radius 2 is 0.571 bits per heavy atom. The lowest BCUT2D eigenvalue weighted by Crippen LogP contribution is -2.30. The molecule has 498 valence electrons. The first kappa shape index (κ1) is 82.1. The fourth-order valence-electron chi connectivity index (χ4n) is 9.73. The summed E-state index contributed by atoms with van der Waals surface area (Å²) >= 11 is 0. The first-order valence-electron chi connectivity index (χ1n) is 34.2. The van der Waals surface area contributed by atoms with Crippen LogP contribution < -0.4 is 0 Å². The molecule has 0 aromatic heterocycles. The van der Waals surface area contributed by atoms with E-state index in [2.05, 4.69) is 34.6 Å². The molecule has 0 bridgehead atoms. The van der Waals surface area contributed by atoms with E-state index in [1.807, 2.05) is 0 Å². The molecule has 6 atom stereocenters. The van der Waals surface area contributed by atoms with E-state index in [0.717, 1.165) is 115 Å². The first-order chi connectivity index (χ1) is 40.6. The van der Waals surface area contributed by atoms with Gasteiger partial charge in [0, 0.05) is 25.7 Å². The quantitative estimate of drug-likeness (QED) is 0.0222. The minimum Gasteiger partial charge on any atom is -0.462 e. The Morgan fingerprint density at radius 1 is 0.333 bits per heavy atom. The summed E-state index contributed by atoms with van der Waals surface area (Å²) in [5.41, 5.74) is 0. The fourth-order valence-corrected chi connectivity index (χ4v) is 11.3. The number of aliphatic hydroxyl groups is 1. The lowest BCUT2D eigenvalue weighted by molar-refractivity contribution is -0.161. The van der Waals surface area contributed by atoms with Crippen molar-refractivity contribution in [3.63, 3.8) is 0 Å². The second kappa shape index (κ2) is 58.7. The van der Waals surface area contributed by atoms with Crippen LogP contribution in [0.3, 0.4) is 0 Å². The third kappa shape index (κ3) is 57.8. The molecule has 0 aliphatic carbocycles. The van der Waals surface area contributed by atoms with Crippen molar-refractivity contribution in [1.82, 2.24) is 0 Å². The molecule has 17 nitrogen and oxygen atoms in total. The fraction of sp³-hybridized carbons (Fsp3) is 0.938. The van der Waals surface area contributed by atoms with Crippen LogP contribution in [0.1, 0.15) is 330 Å². The van der Waals surface area contributed by atoms with Crippen LogP contribution in [0.25, 0.3) is 0 Å². The van der Waals surface area contributed by atoms with Gasteiger partial charge in [-0.25, -0.2) is 9.13 Å². The van der Waals surface area contributed by atoms with Gasteiger partial charge in [-0.1, -0.05) is 279 Å². The van der Waals surface area contributed by atoms with Crippen LogP contribution in [0.15, 0.2) is 0 Å². The molecule has 0 saturated carbocycles. The Hall–Kier alpha value is -1.94.